The summed E-state index contributed by atoms with van der Waals surface area (Å²) in [6, 6.07) is 0. The smallest absolute Gasteiger partial charge is 0.0231 e. The Morgan fingerprint density at radius 1 is 1.50 bits per heavy atom. The largest absolute Gasteiger partial charge is 0.330 e. The highest BCUT2D eigenvalue weighted by Gasteiger charge is 2.26. The summed E-state index contributed by atoms with van der Waals surface area (Å²) in [6.07, 6.45) is 1.25. The van der Waals surface area contributed by atoms with Crippen molar-refractivity contribution in [3.8, 4) is 0 Å². The van der Waals surface area contributed by atoms with Crippen LogP contribution >= 0.6 is 11.8 Å². The van der Waals surface area contributed by atoms with E-state index in [9.17, 15) is 0 Å². The summed E-state index contributed by atoms with van der Waals surface area (Å²) in [4.78, 5) is 2.59. The fourth-order valence-electron chi connectivity index (χ4n) is 1.83. The highest BCUT2D eigenvalue weighted by molar-refractivity contribution is 8.00. The van der Waals surface area contributed by atoms with E-state index in [1.165, 1.54) is 31.8 Å². The highest BCUT2D eigenvalue weighted by atomic mass is 32.2. The maximum absolute atomic E-state index is 5.62. The van der Waals surface area contributed by atoms with Gasteiger partial charge in [0.25, 0.3) is 0 Å². The van der Waals surface area contributed by atoms with Gasteiger partial charge in [-0.1, -0.05) is 6.92 Å². The van der Waals surface area contributed by atoms with E-state index in [-0.39, 0.29) is 0 Å². The summed E-state index contributed by atoms with van der Waals surface area (Å²) in [5.74, 6) is 1.96. The molecule has 0 aromatic carbocycles. The molecule has 1 saturated heterocycles. The van der Waals surface area contributed by atoms with Crippen LogP contribution in [0.3, 0.4) is 0 Å². The van der Waals surface area contributed by atoms with Crippen LogP contribution in [-0.2, 0) is 0 Å². The first-order chi connectivity index (χ1) is 6.53. The van der Waals surface area contributed by atoms with Gasteiger partial charge in [0.1, 0.15) is 0 Å². The number of thioether (sulfide) groups is 1. The normalized spacial score (nSPS) is 24.9. The predicted octanol–water partition coefficient (Wildman–Crippen LogP) is 1.80. The van der Waals surface area contributed by atoms with E-state index in [0.29, 0.717) is 10.7 Å². The standard InChI is InChI=1S/C11H24N2S/c1-10(8-12)4-5-13-6-7-14-11(2,3)9-13/h10H,4-9,12H2,1-3H3. The van der Waals surface area contributed by atoms with Crippen molar-refractivity contribution in [1.82, 2.24) is 4.90 Å². The van der Waals surface area contributed by atoms with Crippen molar-refractivity contribution in [3.63, 3.8) is 0 Å². The van der Waals surface area contributed by atoms with Crippen LogP contribution in [0, 0.1) is 5.92 Å². The summed E-state index contributed by atoms with van der Waals surface area (Å²) in [6.45, 7) is 11.5. The minimum atomic E-state index is 0.449. The van der Waals surface area contributed by atoms with Crippen molar-refractivity contribution in [2.75, 3.05) is 31.9 Å². The Bertz CT molecular complexity index is 171. The maximum atomic E-state index is 5.62. The topological polar surface area (TPSA) is 29.3 Å². The average molecular weight is 216 g/mol. The third-order valence-electron chi connectivity index (χ3n) is 2.85. The molecule has 1 aliphatic heterocycles. The number of hydrogen-bond donors (Lipinski definition) is 1. The lowest BCUT2D eigenvalue weighted by Gasteiger charge is -2.37. The molecular weight excluding hydrogens is 192 g/mol. The number of nitrogens with zero attached hydrogens (tertiary/aromatic N) is 1. The quantitative estimate of drug-likeness (QED) is 0.777. The van der Waals surface area contributed by atoms with Gasteiger partial charge in [0.05, 0.1) is 0 Å². The van der Waals surface area contributed by atoms with E-state index < -0.39 is 0 Å². The Morgan fingerprint density at radius 2 is 2.21 bits per heavy atom. The fourth-order valence-corrected chi connectivity index (χ4v) is 3.00. The average Bonchev–Trinajstić information content (AvgIpc) is 2.12. The van der Waals surface area contributed by atoms with Crippen molar-refractivity contribution < 1.29 is 0 Å². The van der Waals surface area contributed by atoms with Crippen LogP contribution in [0.15, 0.2) is 0 Å². The van der Waals surface area contributed by atoms with Crippen LogP contribution in [0.4, 0.5) is 0 Å². The zero-order valence-corrected chi connectivity index (χ0v) is 10.6. The van der Waals surface area contributed by atoms with Crippen molar-refractivity contribution >= 4 is 11.8 Å². The lowest BCUT2D eigenvalue weighted by atomic mass is 10.1. The van der Waals surface area contributed by atoms with Crippen LogP contribution in [0.25, 0.3) is 0 Å². The third-order valence-corrected chi connectivity index (χ3v) is 4.14. The fraction of sp³-hybridized carbons (Fsp3) is 1.00. The molecule has 0 spiro atoms. The first-order valence-corrected chi connectivity index (χ1v) is 6.58. The molecule has 1 rings (SSSR count). The van der Waals surface area contributed by atoms with Crippen molar-refractivity contribution in [1.29, 1.82) is 0 Å². The Balaban J connectivity index is 2.24. The molecule has 14 heavy (non-hydrogen) atoms. The van der Waals surface area contributed by atoms with Gasteiger partial charge in [-0.3, -0.25) is 0 Å². The first-order valence-electron chi connectivity index (χ1n) is 5.60. The van der Waals surface area contributed by atoms with Crippen molar-refractivity contribution in [2.45, 2.75) is 31.9 Å². The van der Waals surface area contributed by atoms with Crippen LogP contribution in [0.5, 0.6) is 0 Å². The Hall–Kier alpha value is 0.270. The minimum Gasteiger partial charge on any atom is -0.330 e. The molecule has 1 heterocycles. The van der Waals surface area contributed by atoms with Crippen LogP contribution < -0.4 is 5.73 Å². The third kappa shape index (κ3) is 4.20. The molecule has 0 radical (unpaired) electrons. The van der Waals surface area contributed by atoms with Gasteiger partial charge < -0.3 is 10.6 Å². The molecule has 2 N–H and O–H groups in total. The minimum absolute atomic E-state index is 0.449. The van der Waals surface area contributed by atoms with E-state index >= 15 is 0 Å². The monoisotopic (exact) mass is 216 g/mol. The molecule has 1 atom stereocenters. The van der Waals surface area contributed by atoms with E-state index in [1.807, 2.05) is 0 Å². The Kier molecular flexibility index (Phi) is 4.74. The van der Waals surface area contributed by atoms with E-state index in [4.69, 9.17) is 5.73 Å². The second kappa shape index (κ2) is 5.38. The summed E-state index contributed by atoms with van der Waals surface area (Å²) in [5.41, 5.74) is 5.62. The molecule has 3 heteroatoms. The maximum Gasteiger partial charge on any atom is 0.0231 e. The van der Waals surface area contributed by atoms with Gasteiger partial charge in [-0.2, -0.15) is 11.8 Å². The van der Waals surface area contributed by atoms with Crippen LogP contribution in [0.2, 0.25) is 0 Å². The molecule has 0 aliphatic carbocycles. The highest BCUT2D eigenvalue weighted by Crippen LogP contribution is 2.29. The summed E-state index contributed by atoms with van der Waals surface area (Å²) < 4.78 is 0.449. The van der Waals surface area contributed by atoms with Gasteiger partial charge in [-0.15, -0.1) is 0 Å². The Labute approximate surface area is 92.6 Å². The zero-order chi connectivity index (χ0) is 10.6. The van der Waals surface area contributed by atoms with Gasteiger partial charge in [-0.05, 0) is 39.3 Å². The molecule has 1 fully saturated rings. The van der Waals surface area contributed by atoms with E-state index in [1.54, 1.807) is 0 Å². The summed E-state index contributed by atoms with van der Waals surface area (Å²) in [5, 5.41) is 0. The molecule has 0 aromatic heterocycles. The van der Waals surface area contributed by atoms with Gasteiger partial charge >= 0.3 is 0 Å². The number of nitrogens with two attached hydrogens (primary N) is 1. The SMILES string of the molecule is CC(CN)CCN1CCSC(C)(C)C1. The molecule has 0 bridgehead atoms. The molecule has 0 aromatic rings. The predicted molar refractivity (Wildman–Crippen MR) is 65.8 cm³/mol. The molecular formula is C11H24N2S. The van der Waals surface area contributed by atoms with Crippen LogP contribution in [0.1, 0.15) is 27.2 Å². The first kappa shape index (κ1) is 12.3. The lowest BCUT2D eigenvalue weighted by molar-refractivity contribution is 0.244. The molecule has 84 valence electrons. The number of hydrogen-bond acceptors (Lipinski definition) is 3. The van der Waals surface area contributed by atoms with E-state index in [0.717, 1.165) is 6.54 Å². The van der Waals surface area contributed by atoms with Gasteiger partial charge in [-0.25, -0.2) is 0 Å². The van der Waals surface area contributed by atoms with Crippen LogP contribution in [-0.4, -0.2) is 41.6 Å². The summed E-state index contributed by atoms with van der Waals surface area (Å²) >= 11 is 2.10. The van der Waals surface area contributed by atoms with Crippen molar-refractivity contribution in [3.05, 3.63) is 0 Å². The molecule has 1 unspecified atom stereocenters. The molecule has 0 saturated carbocycles. The van der Waals surface area contributed by atoms with Crippen molar-refractivity contribution in [2.24, 2.45) is 11.7 Å². The second-order valence-electron chi connectivity index (χ2n) is 5.01. The van der Waals surface area contributed by atoms with Gasteiger partial charge in [0, 0.05) is 23.6 Å². The molecule has 0 amide bonds. The summed E-state index contributed by atoms with van der Waals surface area (Å²) in [7, 11) is 0. The lowest BCUT2D eigenvalue weighted by Crippen LogP contribution is -2.43. The van der Waals surface area contributed by atoms with Gasteiger partial charge in [0.2, 0.25) is 0 Å². The van der Waals surface area contributed by atoms with Gasteiger partial charge in [0.15, 0.2) is 0 Å². The van der Waals surface area contributed by atoms with E-state index in [2.05, 4.69) is 37.4 Å². The number of rotatable bonds is 4. The second-order valence-corrected chi connectivity index (χ2v) is 6.82. The molecule has 2 nitrogen and oxygen atoms in total. The zero-order valence-electron chi connectivity index (χ0n) is 9.75. The Morgan fingerprint density at radius 3 is 2.79 bits per heavy atom. The molecule has 1 aliphatic rings.